The van der Waals surface area contributed by atoms with Gasteiger partial charge in [0.25, 0.3) is 0 Å². The molecule has 0 bridgehead atoms. The fourth-order valence-corrected chi connectivity index (χ4v) is 5.39. The van der Waals surface area contributed by atoms with Crippen LogP contribution in [0.1, 0.15) is 26.3 Å². The smallest absolute Gasteiger partial charge is 0.241 e. The average molecular weight is 481 g/mol. The SMILES string of the molecule is Cc1ccc(-c2nnc(Nc3ccc(Cl)cc3)c3ccccc23)cc1S(=O)(=O)NC(C)(C)C. The average Bonchev–Trinajstić information content (AvgIpc) is 2.74. The van der Waals surface area contributed by atoms with Crippen LogP contribution in [0.2, 0.25) is 5.02 Å². The number of hydrogen-bond donors (Lipinski definition) is 2. The van der Waals surface area contributed by atoms with Gasteiger partial charge >= 0.3 is 0 Å². The van der Waals surface area contributed by atoms with Crippen LogP contribution in [0.15, 0.2) is 71.6 Å². The summed E-state index contributed by atoms with van der Waals surface area (Å²) >= 11 is 5.99. The van der Waals surface area contributed by atoms with E-state index in [1.54, 1.807) is 31.2 Å². The van der Waals surface area contributed by atoms with Gasteiger partial charge in [0.15, 0.2) is 5.82 Å². The molecule has 0 saturated carbocycles. The van der Waals surface area contributed by atoms with Crippen molar-refractivity contribution in [1.82, 2.24) is 14.9 Å². The zero-order chi connectivity index (χ0) is 23.8. The lowest BCUT2D eigenvalue weighted by atomic mass is 10.0. The molecule has 0 saturated heterocycles. The summed E-state index contributed by atoms with van der Waals surface area (Å²) in [5, 5.41) is 14.5. The molecule has 4 aromatic rings. The summed E-state index contributed by atoms with van der Waals surface area (Å²) in [6.07, 6.45) is 0. The number of anilines is 2. The van der Waals surface area contributed by atoms with Gasteiger partial charge in [-0.15, -0.1) is 10.2 Å². The van der Waals surface area contributed by atoms with Crippen molar-refractivity contribution < 1.29 is 8.42 Å². The maximum Gasteiger partial charge on any atom is 0.241 e. The van der Waals surface area contributed by atoms with Crippen molar-refractivity contribution in [3.8, 4) is 11.3 Å². The normalized spacial score (nSPS) is 12.2. The van der Waals surface area contributed by atoms with Gasteiger partial charge in [-0.05, 0) is 63.6 Å². The summed E-state index contributed by atoms with van der Waals surface area (Å²) in [6, 6.07) is 20.4. The van der Waals surface area contributed by atoms with Crippen LogP contribution in [0.3, 0.4) is 0 Å². The van der Waals surface area contributed by atoms with E-state index in [1.807, 2.05) is 63.2 Å². The van der Waals surface area contributed by atoms with Gasteiger partial charge in [0.2, 0.25) is 10.0 Å². The topological polar surface area (TPSA) is 84.0 Å². The molecule has 3 aromatic carbocycles. The van der Waals surface area contributed by atoms with Crippen LogP contribution in [0, 0.1) is 6.92 Å². The Hall–Kier alpha value is -3.00. The number of nitrogens with one attached hydrogen (secondary N) is 2. The van der Waals surface area contributed by atoms with Crippen LogP contribution in [0.5, 0.6) is 0 Å². The molecule has 0 unspecified atom stereocenters. The van der Waals surface area contributed by atoms with Crippen LogP contribution < -0.4 is 10.0 Å². The summed E-state index contributed by atoms with van der Waals surface area (Å²) in [6.45, 7) is 7.23. The number of sulfonamides is 1. The molecule has 0 spiro atoms. The maximum absolute atomic E-state index is 13.0. The Bertz CT molecular complexity index is 1430. The van der Waals surface area contributed by atoms with Crippen molar-refractivity contribution in [1.29, 1.82) is 0 Å². The minimum atomic E-state index is -3.71. The van der Waals surface area contributed by atoms with Crippen LogP contribution >= 0.6 is 11.6 Å². The zero-order valence-corrected chi connectivity index (χ0v) is 20.4. The largest absolute Gasteiger partial charge is 0.338 e. The molecule has 6 nitrogen and oxygen atoms in total. The van der Waals surface area contributed by atoms with E-state index < -0.39 is 15.6 Å². The Kier molecular flexibility index (Phi) is 6.14. The lowest BCUT2D eigenvalue weighted by molar-refractivity contribution is 0.491. The lowest BCUT2D eigenvalue weighted by Crippen LogP contribution is -2.40. The highest BCUT2D eigenvalue weighted by molar-refractivity contribution is 7.89. The summed E-state index contributed by atoms with van der Waals surface area (Å²) in [5.74, 6) is 0.603. The predicted octanol–water partition coefficient (Wildman–Crippen LogP) is 6.08. The summed E-state index contributed by atoms with van der Waals surface area (Å²) in [5.41, 5.74) is 2.19. The van der Waals surface area contributed by atoms with Crippen molar-refractivity contribution in [3.63, 3.8) is 0 Å². The molecule has 170 valence electrons. The first-order chi connectivity index (χ1) is 15.5. The molecular weight excluding hydrogens is 456 g/mol. The molecule has 0 aliphatic carbocycles. The van der Waals surface area contributed by atoms with Gasteiger partial charge in [-0.25, -0.2) is 13.1 Å². The molecule has 4 rings (SSSR count). The number of nitrogens with zero attached hydrogens (tertiary/aromatic N) is 2. The minimum Gasteiger partial charge on any atom is -0.338 e. The first kappa shape index (κ1) is 23.2. The lowest BCUT2D eigenvalue weighted by Gasteiger charge is -2.21. The summed E-state index contributed by atoms with van der Waals surface area (Å²) in [7, 11) is -3.71. The Morgan fingerprint density at radius 2 is 1.55 bits per heavy atom. The molecule has 0 radical (unpaired) electrons. The monoisotopic (exact) mass is 480 g/mol. The molecule has 1 aromatic heterocycles. The highest BCUT2D eigenvalue weighted by Gasteiger charge is 2.24. The van der Waals surface area contributed by atoms with Gasteiger partial charge in [0, 0.05) is 32.6 Å². The summed E-state index contributed by atoms with van der Waals surface area (Å²) in [4.78, 5) is 0.226. The van der Waals surface area contributed by atoms with E-state index in [0.29, 0.717) is 27.7 Å². The Morgan fingerprint density at radius 3 is 2.21 bits per heavy atom. The fraction of sp³-hybridized carbons (Fsp3) is 0.200. The van der Waals surface area contributed by atoms with Crippen molar-refractivity contribution >= 4 is 43.9 Å². The third-order valence-electron chi connectivity index (χ3n) is 4.99. The first-order valence-electron chi connectivity index (χ1n) is 10.5. The van der Waals surface area contributed by atoms with Gasteiger partial charge < -0.3 is 5.32 Å². The third kappa shape index (κ3) is 5.16. The Balaban J connectivity index is 1.81. The molecule has 0 aliphatic rings. The van der Waals surface area contributed by atoms with Gasteiger partial charge in [0.1, 0.15) is 5.69 Å². The quantitative estimate of drug-likeness (QED) is 0.361. The molecule has 0 aliphatic heterocycles. The second-order valence-corrected chi connectivity index (χ2v) is 11.0. The van der Waals surface area contributed by atoms with Gasteiger partial charge in [-0.2, -0.15) is 0 Å². The third-order valence-corrected chi connectivity index (χ3v) is 7.14. The Labute approximate surface area is 199 Å². The second-order valence-electron chi connectivity index (χ2n) is 8.91. The molecular formula is C25H25ClN4O2S. The van der Waals surface area contributed by atoms with Crippen LogP contribution in [-0.2, 0) is 10.0 Å². The molecule has 2 N–H and O–H groups in total. The Morgan fingerprint density at radius 1 is 0.879 bits per heavy atom. The second kappa shape index (κ2) is 8.74. The number of fused-ring (bicyclic) bond motifs is 1. The molecule has 1 heterocycles. The highest BCUT2D eigenvalue weighted by atomic mass is 35.5. The van der Waals surface area contributed by atoms with Crippen molar-refractivity contribution in [2.75, 3.05) is 5.32 Å². The van der Waals surface area contributed by atoms with Crippen LogP contribution in [0.25, 0.3) is 22.0 Å². The predicted molar refractivity (Wildman–Crippen MR) is 135 cm³/mol. The van der Waals surface area contributed by atoms with Gasteiger partial charge in [-0.1, -0.05) is 48.0 Å². The van der Waals surface area contributed by atoms with E-state index in [9.17, 15) is 8.42 Å². The highest BCUT2D eigenvalue weighted by Crippen LogP contribution is 2.33. The number of benzene rings is 3. The number of halogens is 1. The molecule has 0 amide bonds. The maximum atomic E-state index is 13.0. The van der Waals surface area contributed by atoms with E-state index in [-0.39, 0.29) is 4.90 Å². The van der Waals surface area contributed by atoms with E-state index in [2.05, 4.69) is 20.2 Å². The summed E-state index contributed by atoms with van der Waals surface area (Å²) < 4.78 is 28.8. The molecule has 33 heavy (non-hydrogen) atoms. The standard InChI is InChI=1S/C25H25ClN4O2S/c1-16-9-10-17(15-22(16)33(31,32)30-25(2,3)4)23-20-7-5-6-8-21(20)24(29-28-23)27-19-13-11-18(26)12-14-19/h5-15,30H,1-4H3,(H,27,29). The van der Waals surface area contributed by atoms with E-state index in [1.165, 1.54) is 0 Å². The number of hydrogen-bond acceptors (Lipinski definition) is 5. The number of aryl methyl sites for hydroxylation is 1. The van der Waals surface area contributed by atoms with Gasteiger partial charge in [-0.3, -0.25) is 0 Å². The fourth-order valence-electron chi connectivity index (χ4n) is 3.57. The van der Waals surface area contributed by atoms with Crippen LogP contribution in [-0.4, -0.2) is 24.2 Å². The van der Waals surface area contributed by atoms with Crippen LogP contribution in [0.4, 0.5) is 11.5 Å². The minimum absolute atomic E-state index is 0.226. The van der Waals surface area contributed by atoms with Crippen molar-refractivity contribution in [3.05, 3.63) is 77.3 Å². The first-order valence-corrected chi connectivity index (χ1v) is 12.3. The van der Waals surface area contributed by atoms with Crippen molar-refractivity contribution in [2.45, 2.75) is 38.1 Å². The molecule has 0 fully saturated rings. The number of rotatable bonds is 5. The number of aromatic nitrogens is 2. The van der Waals surface area contributed by atoms with E-state index in [0.717, 1.165) is 16.5 Å². The molecule has 8 heteroatoms. The van der Waals surface area contributed by atoms with Crippen molar-refractivity contribution in [2.24, 2.45) is 0 Å². The van der Waals surface area contributed by atoms with Gasteiger partial charge in [0.05, 0.1) is 4.90 Å². The van der Waals surface area contributed by atoms with E-state index in [4.69, 9.17) is 11.6 Å². The zero-order valence-electron chi connectivity index (χ0n) is 18.8. The molecule has 0 atom stereocenters. The van der Waals surface area contributed by atoms with E-state index >= 15 is 0 Å².